The number of carboxylic acids is 1. The monoisotopic (exact) mass is 404 g/mol. The Morgan fingerprint density at radius 2 is 1.83 bits per heavy atom. The van der Waals surface area contributed by atoms with Crippen LogP contribution >= 0.6 is 27.3 Å². The second-order valence-electron chi connectivity index (χ2n) is 5.13. The van der Waals surface area contributed by atoms with Gasteiger partial charge in [0.1, 0.15) is 0 Å². The molecule has 0 fully saturated rings. The molecule has 7 heteroatoms. The zero-order valence-electron chi connectivity index (χ0n) is 12.3. The van der Waals surface area contributed by atoms with E-state index < -0.39 is 24.2 Å². The lowest BCUT2D eigenvalue weighted by atomic mass is 9.93. The normalized spacial score (nSPS) is 15.7. The van der Waals surface area contributed by atoms with E-state index in [0.717, 1.165) is 13.6 Å². The van der Waals surface area contributed by atoms with Crippen molar-refractivity contribution in [3.05, 3.63) is 56.2 Å². The first-order chi connectivity index (χ1) is 11.5. The molecule has 1 aliphatic heterocycles. The fourth-order valence-corrected chi connectivity index (χ4v) is 3.86. The average Bonchev–Trinajstić information content (AvgIpc) is 2.96. The number of carbonyl (C=O) groups is 3. The summed E-state index contributed by atoms with van der Waals surface area (Å²) in [6.45, 7) is -0.209. The standard InChI is InChI=1S/C17H12BrNO4S/c18-14-6-5-10(24-14)9-13-11-3-1-2-4-12(11)16(22)19(17(13)23)8-7-15(20)21/h1-6,9H,7-8H2,(H,20,21)/p-1. The molecule has 0 aliphatic carbocycles. The number of amides is 2. The van der Waals surface area contributed by atoms with Gasteiger partial charge >= 0.3 is 0 Å². The Morgan fingerprint density at radius 3 is 2.46 bits per heavy atom. The number of nitrogens with zero attached hydrogens (tertiary/aromatic N) is 1. The molecule has 3 rings (SSSR count). The summed E-state index contributed by atoms with van der Waals surface area (Å²) in [6.07, 6.45) is 1.33. The van der Waals surface area contributed by atoms with Crippen molar-refractivity contribution >= 4 is 56.7 Å². The van der Waals surface area contributed by atoms with Crippen LogP contribution in [-0.2, 0) is 9.59 Å². The van der Waals surface area contributed by atoms with Crippen LogP contribution in [0.3, 0.4) is 0 Å². The zero-order chi connectivity index (χ0) is 17.3. The van der Waals surface area contributed by atoms with Crippen molar-refractivity contribution in [1.82, 2.24) is 4.90 Å². The molecule has 0 spiro atoms. The summed E-state index contributed by atoms with van der Waals surface area (Å²) in [6, 6.07) is 10.6. The fraction of sp³-hybridized carbons (Fsp3) is 0.118. The van der Waals surface area contributed by atoms with Crippen molar-refractivity contribution in [3.8, 4) is 0 Å². The number of benzene rings is 1. The van der Waals surface area contributed by atoms with E-state index in [1.54, 1.807) is 30.3 Å². The van der Waals surface area contributed by atoms with Gasteiger partial charge in [0.05, 0.1) is 3.79 Å². The molecule has 122 valence electrons. The van der Waals surface area contributed by atoms with Crippen molar-refractivity contribution < 1.29 is 19.5 Å². The molecule has 1 aliphatic rings. The Kier molecular flexibility index (Phi) is 4.64. The van der Waals surface area contributed by atoms with E-state index in [1.165, 1.54) is 11.3 Å². The van der Waals surface area contributed by atoms with Crippen LogP contribution in [0.4, 0.5) is 0 Å². The molecule has 5 nitrogen and oxygen atoms in total. The SMILES string of the molecule is O=C([O-])CCN1C(=O)C(=Cc2ccc(Br)s2)c2ccccc2C1=O. The highest BCUT2D eigenvalue weighted by Crippen LogP contribution is 2.32. The Hall–Kier alpha value is -2.25. The van der Waals surface area contributed by atoms with Gasteiger partial charge in [0, 0.05) is 34.9 Å². The number of aliphatic carboxylic acids is 1. The maximum atomic E-state index is 12.7. The van der Waals surface area contributed by atoms with Gasteiger partial charge in [0.15, 0.2) is 0 Å². The second kappa shape index (κ2) is 6.70. The number of carboxylic acid groups (broad SMARTS) is 1. The van der Waals surface area contributed by atoms with Crippen molar-refractivity contribution in [2.75, 3.05) is 6.54 Å². The van der Waals surface area contributed by atoms with Gasteiger partial charge in [-0.05, 0) is 45.8 Å². The van der Waals surface area contributed by atoms with Crippen molar-refractivity contribution in [1.29, 1.82) is 0 Å². The molecule has 0 N–H and O–H groups in total. The summed E-state index contributed by atoms with van der Waals surface area (Å²) >= 11 is 4.83. The maximum absolute atomic E-state index is 12.7. The first-order valence-electron chi connectivity index (χ1n) is 7.10. The molecule has 0 atom stereocenters. The van der Waals surface area contributed by atoms with Crippen LogP contribution in [0.1, 0.15) is 27.2 Å². The number of hydrogen-bond acceptors (Lipinski definition) is 5. The van der Waals surface area contributed by atoms with Gasteiger partial charge in [-0.2, -0.15) is 0 Å². The molecule has 2 amide bonds. The third-order valence-corrected chi connectivity index (χ3v) is 5.16. The van der Waals surface area contributed by atoms with Crippen LogP contribution in [0.15, 0.2) is 40.2 Å². The molecule has 0 saturated heterocycles. The van der Waals surface area contributed by atoms with Crippen LogP contribution in [0.25, 0.3) is 11.6 Å². The molecule has 2 heterocycles. The molecule has 24 heavy (non-hydrogen) atoms. The van der Waals surface area contributed by atoms with E-state index >= 15 is 0 Å². The number of rotatable bonds is 4. The highest BCUT2D eigenvalue weighted by atomic mass is 79.9. The first-order valence-corrected chi connectivity index (χ1v) is 8.71. The molecule has 0 bridgehead atoms. The number of fused-ring (bicyclic) bond motifs is 1. The first kappa shape index (κ1) is 16.6. The van der Waals surface area contributed by atoms with Crippen LogP contribution in [0.5, 0.6) is 0 Å². The van der Waals surface area contributed by atoms with E-state index in [2.05, 4.69) is 15.9 Å². The van der Waals surface area contributed by atoms with Crippen LogP contribution in [0, 0.1) is 0 Å². The van der Waals surface area contributed by atoms with Crippen molar-refractivity contribution in [3.63, 3.8) is 0 Å². The lowest BCUT2D eigenvalue weighted by Crippen LogP contribution is -2.43. The highest BCUT2D eigenvalue weighted by molar-refractivity contribution is 9.11. The molecule has 1 aromatic heterocycles. The van der Waals surface area contributed by atoms with Crippen LogP contribution < -0.4 is 5.11 Å². The van der Waals surface area contributed by atoms with E-state index in [0.29, 0.717) is 16.7 Å². The minimum Gasteiger partial charge on any atom is -0.550 e. The number of imide groups is 1. The average molecular weight is 405 g/mol. The van der Waals surface area contributed by atoms with E-state index in [9.17, 15) is 19.5 Å². The summed E-state index contributed by atoms with van der Waals surface area (Å²) in [5.74, 6) is -2.28. The van der Waals surface area contributed by atoms with Gasteiger partial charge < -0.3 is 9.90 Å². The van der Waals surface area contributed by atoms with E-state index in [1.807, 2.05) is 12.1 Å². The summed E-state index contributed by atoms with van der Waals surface area (Å²) < 4.78 is 0.927. The fourth-order valence-electron chi connectivity index (χ4n) is 2.50. The van der Waals surface area contributed by atoms with Crippen LogP contribution in [0.2, 0.25) is 0 Å². The Morgan fingerprint density at radius 1 is 1.12 bits per heavy atom. The summed E-state index contributed by atoms with van der Waals surface area (Å²) in [5.41, 5.74) is 1.32. The summed E-state index contributed by atoms with van der Waals surface area (Å²) in [4.78, 5) is 37.8. The minimum absolute atomic E-state index is 0.209. The molecule has 0 saturated carbocycles. The lowest BCUT2D eigenvalue weighted by molar-refractivity contribution is -0.305. The Balaban J connectivity index is 2.07. The number of hydrogen-bond donors (Lipinski definition) is 0. The van der Waals surface area contributed by atoms with Gasteiger partial charge in [-0.15, -0.1) is 11.3 Å². The number of carbonyl (C=O) groups excluding carboxylic acids is 3. The Bertz CT molecular complexity index is 871. The summed E-state index contributed by atoms with van der Waals surface area (Å²) in [5, 5.41) is 10.7. The Labute approximate surface area is 150 Å². The predicted octanol–water partition coefficient (Wildman–Crippen LogP) is 2.17. The predicted molar refractivity (Wildman–Crippen MR) is 92.0 cm³/mol. The van der Waals surface area contributed by atoms with Crippen molar-refractivity contribution in [2.45, 2.75) is 6.42 Å². The maximum Gasteiger partial charge on any atom is 0.261 e. The molecule has 0 radical (unpaired) electrons. The highest BCUT2D eigenvalue weighted by Gasteiger charge is 2.34. The van der Waals surface area contributed by atoms with Gasteiger partial charge in [0.25, 0.3) is 11.8 Å². The molecule has 0 unspecified atom stereocenters. The zero-order valence-corrected chi connectivity index (χ0v) is 14.7. The molecule has 2 aromatic rings. The van der Waals surface area contributed by atoms with Crippen molar-refractivity contribution in [2.24, 2.45) is 0 Å². The van der Waals surface area contributed by atoms with E-state index in [4.69, 9.17) is 0 Å². The lowest BCUT2D eigenvalue weighted by Gasteiger charge is -2.28. The quantitative estimate of drug-likeness (QED) is 0.577. The smallest absolute Gasteiger partial charge is 0.261 e. The van der Waals surface area contributed by atoms with Gasteiger partial charge in [-0.3, -0.25) is 14.5 Å². The topological polar surface area (TPSA) is 77.5 Å². The third-order valence-electron chi connectivity index (χ3n) is 3.59. The second-order valence-corrected chi connectivity index (χ2v) is 7.62. The largest absolute Gasteiger partial charge is 0.550 e. The molecular weight excluding hydrogens is 394 g/mol. The van der Waals surface area contributed by atoms with E-state index in [-0.39, 0.29) is 6.54 Å². The van der Waals surface area contributed by atoms with Gasteiger partial charge in [-0.1, -0.05) is 18.2 Å². The molecular formula is C17H11BrNO4S-. The minimum atomic E-state index is -1.30. The van der Waals surface area contributed by atoms with Gasteiger partial charge in [0.2, 0.25) is 0 Å². The third kappa shape index (κ3) is 3.18. The summed E-state index contributed by atoms with van der Waals surface area (Å²) in [7, 11) is 0. The number of thiophene rings is 1. The van der Waals surface area contributed by atoms with Gasteiger partial charge in [-0.25, -0.2) is 0 Å². The molecule has 1 aromatic carbocycles. The van der Waals surface area contributed by atoms with Crippen LogP contribution in [-0.4, -0.2) is 29.2 Å². The number of halogens is 1.